The van der Waals surface area contributed by atoms with E-state index in [0.717, 1.165) is 32.1 Å². The molecule has 0 bridgehead atoms. The zero-order chi connectivity index (χ0) is 23.2. The average molecular weight is 449 g/mol. The van der Waals surface area contributed by atoms with Gasteiger partial charge < -0.3 is 15.5 Å². The summed E-state index contributed by atoms with van der Waals surface area (Å²) in [5.74, 6) is -0.0117. The third kappa shape index (κ3) is 7.51. The van der Waals surface area contributed by atoms with Crippen LogP contribution in [-0.2, 0) is 0 Å². The second-order valence-corrected chi connectivity index (χ2v) is 7.66. The summed E-state index contributed by atoms with van der Waals surface area (Å²) in [6.07, 6.45) is 0.460. The Hall–Kier alpha value is -2.66. The minimum atomic E-state index is -4.00. The number of rotatable bonds is 5. The van der Waals surface area contributed by atoms with Crippen LogP contribution in [-0.4, -0.2) is 54.3 Å². The topological polar surface area (TPSA) is 100 Å². The maximum Gasteiger partial charge on any atom is 0.386 e. The summed E-state index contributed by atoms with van der Waals surface area (Å²) in [6, 6.07) is 1.32. The molecular formula is C19H27F4N5O3. The lowest BCUT2D eigenvalue weighted by atomic mass is 9.95. The third-order valence-electron chi connectivity index (χ3n) is 5.03. The molecule has 174 valence electrons. The first-order chi connectivity index (χ1) is 14.5. The third-order valence-corrected chi connectivity index (χ3v) is 5.03. The number of nitrogens with one attached hydrogen (secondary N) is 2. The maximum absolute atomic E-state index is 13.7. The van der Waals surface area contributed by atoms with E-state index in [-0.39, 0.29) is 42.5 Å². The SMILES string of the molecule is CC(F)(F)F.CNc1nc(N2CCC(F)C2)c(C(=O)NC2CCCCC2)cc1[N+](=O)[O-]. The molecule has 1 atom stereocenters. The summed E-state index contributed by atoms with van der Waals surface area (Å²) in [6.45, 7) is 0.753. The minimum absolute atomic E-state index is 0.0691. The van der Waals surface area contributed by atoms with Gasteiger partial charge in [0.1, 0.15) is 12.0 Å². The maximum atomic E-state index is 13.7. The average Bonchev–Trinajstić information content (AvgIpc) is 3.12. The van der Waals surface area contributed by atoms with E-state index in [1.165, 1.54) is 13.1 Å². The summed E-state index contributed by atoms with van der Waals surface area (Å²) < 4.78 is 44.7. The van der Waals surface area contributed by atoms with Gasteiger partial charge in [-0.2, -0.15) is 13.2 Å². The number of amides is 1. The number of hydrogen-bond acceptors (Lipinski definition) is 6. The fourth-order valence-electron chi connectivity index (χ4n) is 3.64. The fourth-order valence-corrected chi connectivity index (χ4v) is 3.64. The van der Waals surface area contributed by atoms with Gasteiger partial charge in [-0.25, -0.2) is 9.37 Å². The number of nitrogens with zero attached hydrogens (tertiary/aromatic N) is 3. The van der Waals surface area contributed by atoms with E-state index < -0.39 is 17.3 Å². The largest absolute Gasteiger partial charge is 0.386 e. The molecule has 3 rings (SSSR count). The Morgan fingerprint density at radius 2 is 1.87 bits per heavy atom. The molecule has 12 heteroatoms. The molecular weight excluding hydrogens is 422 g/mol. The molecule has 1 aliphatic carbocycles. The zero-order valence-corrected chi connectivity index (χ0v) is 17.5. The molecule has 1 aromatic rings. The molecule has 31 heavy (non-hydrogen) atoms. The van der Waals surface area contributed by atoms with Crippen LogP contribution in [0.5, 0.6) is 0 Å². The Morgan fingerprint density at radius 1 is 1.26 bits per heavy atom. The van der Waals surface area contributed by atoms with E-state index in [4.69, 9.17) is 0 Å². The molecule has 0 aromatic carbocycles. The predicted molar refractivity (Wildman–Crippen MR) is 108 cm³/mol. The van der Waals surface area contributed by atoms with Crippen molar-refractivity contribution in [3.63, 3.8) is 0 Å². The van der Waals surface area contributed by atoms with Crippen molar-refractivity contribution in [1.29, 1.82) is 0 Å². The van der Waals surface area contributed by atoms with Crippen LogP contribution in [0.2, 0.25) is 0 Å². The first-order valence-corrected chi connectivity index (χ1v) is 10.1. The van der Waals surface area contributed by atoms with E-state index in [0.29, 0.717) is 18.8 Å². The zero-order valence-electron chi connectivity index (χ0n) is 17.5. The van der Waals surface area contributed by atoms with Crippen molar-refractivity contribution in [2.75, 3.05) is 30.4 Å². The Morgan fingerprint density at radius 3 is 2.35 bits per heavy atom. The van der Waals surface area contributed by atoms with Crippen LogP contribution in [0.4, 0.5) is 34.9 Å². The molecule has 1 saturated carbocycles. The van der Waals surface area contributed by atoms with Gasteiger partial charge in [0.15, 0.2) is 0 Å². The number of carbonyl (C=O) groups is 1. The first kappa shape index (κ1) is 24.6. The molecule has 0 radical (unpaired) electrons. The number of carbonyl (C=O) groups excluding carboxylic acids is 1. The highest BCUT2D eigenvalue weighted by Gasteiger charge is 2.31. The lowest BCUT2D eigenvalue weighted by Crippen LogP contribution is -2.37. The first-order valence-electron chi connectivity index (χ1n) is 10.1. The van der Waals surface area contributed by atoms with Crippen molar-refractivity contribution in [2.45, 2.75) is 63.8 Å². The molecule has 1 amide bonds. The van der Waals surface area contributed by atoms with Crippen LogP contribution in [0.15, 0.2) is 6.07 Å². The van der Waals surface area contributed by atoms with Crippen molar-refractivity contribution < 1.29 is 27.3 Å². The molecule has 0 spiro atoms. The normalized spacial score (nSPS) is 19.4. The van der Waals surface area contributed by atoms with Crippen LogP contribution in [0.3, 0.4) is 0 Å². The highest BCUT2D eigenvalue weighted by molar-refractivity contribution is 6.00. The fraction of sp³-hybridized carbons (Fsp3) is 0.684. The summed E-state index contributed by atoms with van der Waals surface area (Å²) in [4.78, 5) is 29.6. The van der Waals surface area contributed by atoms with Crippen molar-refractivity contribution >= 4 is 23.2 Å². The molecule has 1 aromatic heterocycles. The molecule has 1 aliphatic heterocycles. The van der Waals surface area contributed by atoms with E-state index >= 15 is 0 Å². The monoisotopic (exact) mass is 449 g/mol. The minimum Gasteiger partial charge on any atom is -0.367 e. The van der Waals surface area contributed by atoms with Gasteiger partial charge in [0.25, 0.3) is 5.91 Å². The number of halogens is 4. The summed E-state index contributed by atoms with van der Waals surface area (Å²) >= 11 is 0. The molecule has 8 nitrogen and oxygen atoms in total. The van der Waals surface area contributed by atoms with Crippen molar-refractivity contribution in [1.82, 2.24) is 10.3 Å². The van der Waals surface area contributed by atoms with Crippen LogP contribution < -0.4 is 15.5 Å². The number of anilines is 2. The molecule has 1 unspecified atom stereocenters. The Labute approximate surface area is 177 Å². The van der Waals surface area contributed by atoms with Crippen molar-refractivity contribution in [3.05, 3.63) is 21.7 Å². The van der Waals surface area contributed by atoms with Gasteiger partial charge in [0.05, 0.1) is 17.0 Å². The van der Waals surface area contributed by atoms with Gasteiger partial charge in [0, 0.05) is 32.6 Å². The van der Waals surface area contributed by atoms with Gasteiger partial charge in [-0.1, -0.05) is 19.3 Å². The standard InChI is InChI=1S/C17H24FN5O3.C2H3F3/c1-19-15-14(23(25)26)9-13(16(21-15)22-8-7-11(18)10-22)17(24)20-12-5-3-2-4-6-12;1-2(3,4)5/h9,11-12H,2-8,10H2,1H3,(H,19,21)(H,20,24);1H3. The van der Waals surface area contributed by atoms with Crippen LogP contribution in [0.1, 0.15) is 55.8 Å². The van der Waals surface area contributed by atoms with E-state index in [9.17, 15) is 32.5 Å². The smallest absolute Gasteiger partial charge is 0.367 e. The number of nitro groups is 1. The van der Waals surface area contributed by atoms with Gasteiger partial charge in [0.2, 0.25) is 5.82 Å². The number of alkyl halides is 4. The highest BCUT2D eigenvalue weighted by atomic mass is 19.4. The number of hydrogen-bond donors (Lipinski definition) is 2. The molecule has 2 aliphatic rings. The Balaban J connectivity index is 0.000000614. The second-order valence-electron chi connectivity index (χ2n) is 7.66. The van der Waals surface area contributed by atoms with Gasteiger partial charge >= 0.3 is 11.9 Å². The van der Waals surface area contributed by atoms with Crippen LogP contribution in [0.25, 0.3) is 0 Å². The molecule has 1 saturated heterocycles. The second kappa shape index (κ2) is 10.6. The summed E-state index contributed by atoms with van der Waals surface area (Å²) in [7, 11) is 1.53. The Kier molecular flexibility index (Phi) is 8.40. The van der Waals surface area contributed by atoms with Crippen molar-refractivity contribution in [2.24, 2.45) is 0 Å². The number of aromatic nitrogens is 1. The molecule has 2 N–H and O–H groups in total. The van der Waals surface area contributed by atoms with E-state index in [1.54, 1.807) is 4.90 Å². The van der Waals surface area contributed by atoms with E-state index in [2.05, 4.69) is 15.6 Å². The van der Waals surface area contributed by atoms with E-state index in [1.807, 2.05) is 0 Å². The predicted octanol–water partition coefficient (Wildman–Crippen LogP) is 4.21. The molecule has 2 fully saturated rings. The van der Waals surface area contributed by atoms with Gasteiger partial charge in [-0.3, -0.25) is 14.9 Å². The van der Waals surface area contributed by atoms with Gasteiger partial charge in [-0.05, 0) is 19.3 Å². The molecule has 2 heterocycles. The lowest BCUT2D eigenvalue weighted by molar-refractivity contribution is -0.384. The van der Waals surface area contributed by atoms with Gasteiger partial charge in [-0.15, -0.1) is 0 Å². The van der Waals surface area contributed by atoms with Crippen LogP contribution >= 0.6 is 0 Å². The Bertz CT molecular complexity index is 779. The van der Waals surface area contributed by atoms with Crippen molar-refractivity contribution in [3.8, 4) is 0 Å². The highest BCUT2D eigenvalue weighted by Crippen LogP contribution is 2.32. The summed E-state index contributed by atoms with van der Waals surface area (Å²) in [5.41, 5.74) is -0.128. The number of pyridine rings is 1. The van der Waals surface area contributed by atoms with Crippen LogP contribution in [0, 0.1) is 10.1 Å². The summed E-state index contributed by atoms with van der Waals surface area (Å²) in [5, 5.41) is 17.0. The lowest BCUT2D eigenvalue weighted by Gasteiger charge is -2.25. The quantitative estimate of drug-likeness (QED) is 0.397.